The molecule has 1 aromatic carbocycles. The van der Waals surface area contributed by atoms with E-state index < -0.39 is 5.91 Å². The number of benzene rings is 1. The maximum atomic E-state index is 10.8. The van der Waals surface area contributed by atoms with Crippen molar-refractivity contribution in [3.63, 3.8) is 0 Å². The zero-order chi connectivity index (χ0) is 9.68. The van der Waals surface area contributed by atoms with Crippen LogP contribution in [0.25, 0.3) is 0 Å². The third-order valence-corrected chi connectivity index (χ3v) is 1.73. The highest BCUT2D eigenvalue weighted by atomic mass is 16.5. The van der Waals surface area contributed by atoms with E-state index in [1.54, 1.807) is 5.48 Å². The van der Waals surface area contributed by atoms with Gasteiger partial charge in [-0.2, -0.15) is 0 Å². The molecule has 4 nitrogen and oxygen atoms in total. The van der Waals surface area contributed by atoms with Crippen molar-refractivity contribution in [3.8, 4) is 0 Å². The quantitative estimate of drug-likeness (QED) is 0.475. The molecular formula is C9H12N2O2. The number of carbonyl (C=O) groups is 1. The molecule has 0 unspecified atom stereocenters. The predicted molar refractivity (Wildman–Crippen MR) is 49.6 cm³/mol. The molecule has 0 saturated heterocycles. The highest BCUT2D eigenvalue weighted by Crippen LogP contribution is 2.08. The lowest BCUT2D eigenvalue weighted by molar-refractivity contribution is -0.128. The van der Waals surface area contributed by atoms with Gasteiger partial charge in [0.05, 0.1) is 6.42 Å². The summed E-state index contributed by atoms with van der Waals surface area (Å²) in [6.45, 7) is 0. The Balaban J connectivity index is 2.64. The zero-order valence-corrected chi connectivity index (χ0v) is 7.37. The maximum absolute atomic E-state index is 10.8. The molecule has 0 aromatic heterocycles. The molecule has 0 fully saturated rings. The highest BCUT2D eigenvalue weighted by Gasteiger charge is 2.00. The summed E-state index contributed by atoms with van der Waals surface area (Å²) >= 11 is 0. The van der Waals surface area contributed by atoms with Crippen LogP contribution in [0.1, 0.15) is 5.56 Å². The third kappa shape index (κ3) is 2.76. The first kappa shape index (κ1) is 9.54. The molecule has 1 aromatic rings. The second-order valence-corrected chi connectivity index (χ2v) is 2.66. The largest absolute Gasteiger partial charge is 0.388 e. The van der Waals surface area contributed by atoms with Gasteiger partial charge < -0.3 is 5.32 Å². The third-order valence-electron chi connectivity index (χ3n) is 1.73. The van der Waals surface area contributed by atoms with E-state index in [0.717, 1.165) is 11.3 Å². The maximum Gasteiger partial charge on any atom is 0.247 e. The van der Waals surface area contributed by atoms with Crippen LogP contribution in [-0.2, 0) is 11.2 Å². The average molecular weight is 180 g/mol. The van der Waals surface area contributed by atoms with E-state index in [0.29, 0.717) is 0 Å². The van der Waals surface area contributed by atoms with Gasteiger partial charge in [-0.15, -0.1) is 0 Å². The number of nitrogens with one attached hydrogen (secondary N) is 2. The average Bonchev–Trinajstić information content (AvgIpc) is 2.19. The van der Waals surface area contributed by atoms with E-state index in [-0.39, 0.29) is 6.42 Å². The second-order valence-electron chi connectivity index (χ2n) is 2.66. The SMILES string of the molecule is CNc1ccc(CC(=O)NO)cc1. The monoisotopic (exact) mass is 180 g/mol. The van der Waals surface area contributed by atoms with Crippen molar-refractivity contribution in [2.75, 3.05) is 12.4 Å². The number of anilines is 1. The fourth-order valence-corrected chi connectivity index (χ4v) is 1.01. The number of hydrogen-bond donors (Lipinski definition) is 3. The van der Waals surface area contributed by atoms with Crippen LogP contribution in [0.5, 0.6) is 0 Å². The lowest BCUT2D eigenvalue weighted by Gasteiger charge is -2.02. The first-order valence-corrected chi connectivity index (χ1v) is 3.96. The minimum absolute atomic E-state index is 0.195. The molecule has 0 bridgehead atoms. The van der Waals surface area contributed by atoms with E-state index in [9.17, 15) is 4.79 Å². The van der Waals surface area contributed by atoms with Gasteiger partial charge in [-0.05, 0) is 17.7 Å². The molecule has 1 rings (SSSR count). The molecule has 0 spiro atoms. The molecule has 0 heterocycles. The Morgan fingerprint density at radius 3 is 2.46 bits per heavy atom. The lowest BCUT2D eigenvalue weighted by Crippen LogP contribution is -2.20. The van der Waals surface area contributed by atoms with Crippen molar-refractivity contribution in [3.05, 3.63) is 29.8 Å². The van der Waals surface area contributed by atoms with Crippen LogP contribution in [-0.4, -0.2) is 18.2 Å². The molecule has 13 heavy (non-hydrogen) atoms. The Kier molecular flexibility index (Phi) is 3.28. The van der Waals surface area contributed by atoms with E-state index in [1.807, 2.05) is 31.3 Å². The van der Waals surface area contributed by atoms with Gasteiger partial charge in [0.1, 0.15) is 0 Å². The molecule has 1 amide bonds. The Labute approximate surface area is 76.5 Å². The Hall–Kier alpha value is -1.55. The van der Waals surface area contributed by atoms with E-state index in [2.05, 4.69) is 5.32 Å². The number of rotatable bonds is 3. The Morgan fingerprint density at radius 1 is 1.38 bits per heavy atom. The number of hydrogen-bond acceptors (Lipinski definition) is 3. The van der Waals surface area contributed by atoms with Crippen LogP contribution < -0.4 is 10.8 Å². The van der Waals surface area contributed by atoms with Crippen LogP contribution in [0.4, 0.5) is 5.69 Å². The number of carbonyl (C=O) groups excluding carboxylic acids is 1. The summed E-state index contributed by atoms with van der Waals surface area (Å²) < 4.78 is 0. The van der Waals surface area contributed by atoms with Crippen LogP contribution >= 0.6 is 0 Å². The van der Waals surface area contributed by atoms with Gasteiger partial charge in [-0.25, -0.2) is 5.48 Å². The molecular weight excluding hydrogens is 168 g/mol. The van der Waals surface area contributed by atoms with Crippen molar-refractivity contribution in [2.24, 2.45) is 0 Å². The summed E-state index contributed by atoms with van der Waals surface area (Å²) in [6.07, 6.45) is 0.195. The van der Waals surface area contributed by atoms with E-state index in [4.69, 9.17) is 5.21 Å². The van der Waals surface area contributed by atoms with Crippen molar-refractivity contribution in [1.29, 1.82) is 0 Å². The Bertz CT molecular complexity index is 282. The fourth-order valence-electron chi connectivity index (χ4n) is 1.01. The summed E-state index contributed by atoms with van der Waals surface area (Å²) in [5, 5.41) is 11.3. The molecule has 0 saturated carbocycles. The highest BCUT2D eigenvalue weighted by molar-refractivity contribution is 5.77. The van der Waals surface area contributed by atoms with Crippen molar-refractivity contribution >= 4 is 11.6 Å². The van der Waals surface area contributed by atoms with Gasteiger partial charge in [-0.3, -0.25) is 10.0 Å². The standard InChI is InChI=1S/C9H12N2O2/c1-10-8-4-2-7(3-5-8)6-9(12)11-13/h2-5,10,13H,6H2,1H3,(H,11,12). The van der Waals surface area contributed by atoms with E-state index in [1.165, 1.54) is 0 Å². The minimum atomic E-state index is -0.405. The van der Waals surface area contributed by atoms with Crippen LogP contribution in [0.2, 0.25) is 0 Å². The molecule has 0 aliphatic heterocycles. The van der Waals surface area contributed by atoms with Crippen molar-refractivity contribution < 1.29 is 10.0 Å². The lowest BCUT2D eigenvalue weighted by atomic mass is 10.1. The molecule has 70 valence electrons. The fraction of sp³-hybridized carbons (Fsp3) is 0.222. The van der Waals surface area contributed by atoms with Gasteiger partial charge in [0.2, 0.25) is 5.91 Å². The van der Waals surface area contributed by atoms with Crippen LogP contribution in [0, 0.1) is 0 Å². The second kappa shape index (κ2) is 4.47. The van der Waals surface area contributed by atoms with Gasteiger partial charge in [0.25, 0.3) is 0 Å². The smallest absolute Gasteiger partial charge is 0.247 e. The van der Waals surface area contributed by atoms with Crippen molar-refractivity contribution in [2.45, 2.75) is 6.42 Å². The zero-order valence-electron chi connectivity index (χ0n) is 7.37. The van der Waals surface area contributed by atoms with Gasteiger partial charge in [-0.1, -0.05) is 12.1 Å². The summed E-state index contributed by atoms with van der Waals surface area (Å²) in [4.78, 5) is 10.8. The first-order valence-electron chi connectivity index (χ1n) is 3.96. The predicted octanol–water partition coefficient (Wildman–Crippen LogP) is 0.776. The molecule has 0 radical (unpaired) electrons. The molecule has 3 N–H and O–H groups in total. The number of hydroxylamine groups is 1. The molecule has 0 aliphatic carbocycles. The molecule has 4 heteroatoms. The van der Waals surface area contributed by atoms with Crippen LogP contribution in [0.3, 0.4) is 0 Å². The normalized spacial score (nSPS) is 9.38. The number of amides is 1. The summed E-state index contributed by atoms with van der Waals surface area (Å²) in [7, 11) is 1.83. The summed E-state index contributed by atoms with van der Waals surface area (Å²) in [6, 6.07) is 7.42. The minimum Gasteiger partial charge on any atom is -0.388 e. The first-order chi connectivity index (χ1) is 6.26. The molecule has 0 atom stereocenters. The van der Waals surface area contributed by atoms with E-state index >= 15 is 0 Å². The van der Waals surface area contributed by atoms with Crippen LogP contribution in [0.15, 0.2) is 24.3 Å². The van der Waals surface area contributed by atoms with Gasteiger partial charge in [0, 0.05) is 12.7 Å². The van der Waals surface area contributed by atoms with Gasteiger partial charge in [0.15, 0.2) is 0 Å². The van der Waals surface area contributed by atoms with Gasteiger partial charge >= 0.3 is 0 Å². The summed E-state index contributed by atoms with van der Waals surface area (Å²) in [5.41, 5.74) is 3.45. The molecule has 0 aliphatic rings. The van der Waals surface area contributed by atoms with Crippen molar-refractivity contribution in [1.82, 2.24) is 5.48 Å². The summed E-state index contributed by atoms with van der Waals surface area (Å²) in [5.74, 6) is -0.405. The Morgan fingerprint density at radius 2 is 2.00 bits per heavy atom. The topological polar surface area (TPSA) is 61.4 Å².